The van der Waals surface area contributed by atoms with Gasteiger partial charge in [-0.2, -0.15) is 0 Å². The summed E-state index contributed by atoms with van der Waals surface area (Å²) in [5.74, 6) is -0.336. The van der Waals surface area contributed by atoms with Crippen molar-refractivity contribution in [3.8, 4) is 0 Å². The summed E-state index contributed by atoms with van der Waals surface area (Å²) in [5, 5.41) is 0. The minimum absolute atomic E-state index is 0.106. The standard InChI is InChI=1S/C27H53NO4/c1-6-9-10-11-12-13-14-15-16-17-19-25(21-22-27(30)31-24(4)5)32-26(29)20-18-23-28(7-2)8-3/h24-25H,6-23H2,1-5H3. The van der Waals surface area contributed by atoms with Crippen LogP contribution in [0.5, 0.6) is 0 Å². The summed E-state index contributed by atoms with van der Waals surface area (Å²) in [6, 6.07) is 0. The summed E-state index contributed by atoms with van der Waals surface area (Å²) < 4.78 is 11.0. The van der Waals surface area contributed by atoms with E-state index in [4.69, 9.17) is 9.47 Å². The molecule has 0 heterocycles. The summed E-state index contributed by atoms with van der Waals surface area (Å²) in [4.78, 5) is 26.6. The number of carbonyl (C=O) groups excluding carboxylic acids is 2. The van der Waals surface area contributed by atoms with E-state index in [-0.39, 0.29) is 24.1 Å². The topological polar surface area (TPSA) is 55.8 Å². The monoisotopic (exact) mass is 455 g/mol. The predicted octanol–water partition coefficient (Wildman–Crippen LogP) is 7.06. The molecule has 0 saturated heterocycles. The molecule has 0 N–H and O–H groups in total. The number of esters is 2. The highest BCUT2D eigenvalue weighted by molar-refractivity contribution is 5.70. The molecule has 5 nitrogen and oxygen atoms in total. The van der Waals surface area contributed by atoms with Gasteiger partial charge in [0.2, 0.25) is 0 Å². The van der Waals surface area contributed by atoms with E-state index in [2.05, 4.69) is 25.7 Å². The van der Waals surface area contributed by atoms with Crippen molar-refractivity contribution in [3.05, 3.63) is 0 Å². The van der Waals surface area contributed by atoms with Crippen LogP contribution in [0.2, 0.25) is 0 Å². The van der Waals surface area contributed by atoms with Gasteiger partial charge in [-0.1, -0.05) is 78.6 Å². The summed E-state index contributed by atoms with van der Waals surface area (Å²) in [5.41, 5.74) is 0. The van der Waals surface area contributed by atoms with Crippen LogP contribution in [-0.4, -0.2) is 48.7 Å². The first-order valence-corrected chi connectivity index (χ1v) is 13.5. The van der Waals surface area contributed by atoms with Crippen molar-refractivity contribution in [1.29, 1.82) is 0 Å². The number of rotatable bonds is 22. The Balaban J connectivity index is 4.22. The van der Waals surface area contributed by atoms with Gasteiger partial charge in [-0.15, -0.1) is 0 Å². The lowest BCUT2D eigenvalue weighted by Crippen LogP contribution is -2.25. The molecule has 0 bridgehead atoms. The first-order chi connectivity index (χ1) is 15.4. The fourth-order valence-corrected chi connectivity index (χ4v) is 3.95. The first-order valence-electron chi connectivity index (χ1n) is 13.5. The van der Waals surface area contributed by atoms with Crippen LogP contribution in [-0.2, 0) is 19.1 Å². The number of unbranched alkanes of at least 4 members (excludes halogenated alkanes) is 9. The Hall–Kier alpha value is -1.10. The molecule has 0 aromatic heterocycles. The summed E-state index contributed by atoms with van der Waals surface area (Å²) in [7, 11) is 0. The number of hydrogen-bond acceptors (Lipinski definition) is 5. The Morgan fingerprint density at radius 3 is 1.72 bits per heavy atom. The molecule has 0 rings (SSSR count). The van der Waals surface area contributed by atoms with Crippen LogP contribution in [0.25, 0.3) is 0 Å². The molecule has 0 aliphatic carbocycles. The number of hydrogen-bond donors (Lipinski definition) is 0. The van der Waals surface area contributed by atoms with Crippen molar-refractivity contribution in [2.75, 3.05) is 19.6 Å². The van der Waals surface area contributed by atoms with E-state index in [1.807, 2.05) is 13.8 Å². The Morgan fingerprint density at radius 2 is 1.19 bits per heavy atom. The summed E-state index contributed by atoms with van der Waals surface area (Å²) in [6.45, 7) is 13.2. The average molecular weight is 456 g/mol. The maximum atomic E-state index is 12.4. The Kier molecular flexibility index (Phi) is 21.0. The Labute approximate surface area is 199 Å². The number of nitrogens with zero attached hydrogens (tertiary/aromatic N) is 1. The second-order valence-corrected chi connectivity index (χ2v) is 9.29. The van der Waals surface area contributed by atoms with Gasteiger partial charge in [-0.05, 0) is 59.2 Å². The first kappa shape index (κ1) is 30.9. The van der Waals surface area contributed by atoms with Crippen LogP contribution in [0, 0.1) is 0 Å². The molecule has 0 aromatic carbocycles. The van der Waals surface area contributed by atoms with Gasteiger partial charge in [0.25, 0.3) is 0 Å². The Bertz CT molecular complexity index is 449. The van der Waals surface area contributed by atoms with E-state index in [1.165, 1.54) is 57.8 Å². The van der Waals surface area contributed by atoms with Crippen molar-refractivity contribution in [3.63, 3.8) is 0 Å². The van der Waals surface area contributed by atoms with Gasteiger partial charge >= 0.3 is 11.9 Å². The largest absolute Gasteiger partial charge is 0.463 e. The molecule has 0 aliphatic heterocycles. The third kappa shape index (κ3) is 19.6. The minimum atomic E-state index is -0.203. The van der Waals surface area contributed by atoms with Gasteiger partial charge in [0.15, 0.2) is 0 Å². The molecule has 32 heavy (non-hydrogen) atoms. The lowest BCUT2D eigenvalue weighted by atomic mass is 10.0. The molecule has 0 amide bonds. The normalized spacial score (nSPS) is 12.3. The van der Waals surface area contributed by atoms with Crippen molar-refractivity contribution in [2.45, 2.75) is 143 Å². The van der Waals surface area contributed by atoms with Crippen LogP contribution in [0.15, 0.2) is 0 Å². The van der Waals surface area contributed by atoms with E-state index < -0.39 is 0 Å². The molecule has 5 heteroatoms. The molecule has 0 aromatic rings. The second-order valence-electron chi connectivity index (χ2n) is 9.29. The van der Waals surface area contributed by atoms with Crippen LogP contribution >= 0.6 is 0 Å². The second kappa shape index (κ2) is 21.7. The van der Waals surface area contributed by atoms with Gasteiger partial charge in [-0.3, -0.25) is 9.59 Å². The zero-order chi connectivity index (χ0) is 24.0. The van der Waals surface area contributed by atoms with Crippen LogP contribution in [0.1, 0.15) is 131 Å². The molecule has 0 aliphatic rings. The lowest BCUT2D eigenvalue weighted by molar-refractivity contribution is -0.154. The molecular formula is C27H53NO4. The van der Waals surface area contributed by atoms with E-state index in [0.29, 0.717) is 19.3 Å². The summed E-state index contributed by atoms with van der Waals surface area (Å²) >= 11 is 0. The smallest absolute Gasteiger partial charge is 0.306 e. The van der Waals surface area contributed by atoms with Gasteiger partial charge < -0.3 is 14.4 Å². The highest BCUT2D eigenvalue weighted by Crippen LogP contribution is 2.17. The van der Waals surface area contributed by atoms with E-state index >= 15 is 0 Å². The summed E-state index contributed by atoms with van der Waals surface area (Å²) in [6.07, 6.45) is 15.5. The van der Waals surface area contributed by atoms with Crippen LogP contribution < -0.4 is 0 Å². The maximum absolute atomic E-state index is 12.4. The number of ether oxygens (including phenoxy) is 2. The van der Waals surface area contributed by atoms with Crippen molar-refractivity contribution < 1.29 is 19.1 Å². The maximum Gasteiger partial charge on any atom is 0.306 e. The third-order valence-corrected chi connectivity index (χ3v) is 5.97. The van der Waals surface area contributed by atoms with Crippen molar-refractivity contribution in [1.82, 2.24) is 4.90 Å². The average Bonchev–Trinajstić information content (AvgIpc) is 2.75. The zero-order valence-corrected chi connectivity index (χ0v) is 22.0. The van der Waals surface area contributed by atoms with Gasteiger partial charge in [-0.25, -0.2) is 0 Å². The zero-order valence-electron chi connectivity index (χ0n) is 22.0. The van der Waals surface area contributed by atoms with Gasteiger partial charge in [0, 0.05) is 12.8 Å². The fraction of sp³-hybridized carbons (Fsp3) is 0.926. The predicted molar refractivity (Wildman–Crippen MR) is 134 cm³/mol. The molecule has 190 valence electrons. The van der Waals surface area contributed by atoms with E-state index in [0.717, 1.165) is 38.9 Å². The quantitative estimate of drug-likeness (QED) is 0.129. The van der Waals surface area contributed by atoms with Crippen LogP contribution in [0.4, 0.5) is 0 Å². The fourth-order valence-electron chi connectivity index (χ4n) is 3.95. The third-order valence-electron chi connectivity index (χ3n) is 5.97. The van der Waals surface area contributed by atoms with Gasteiger partial charge in [0.1, 0.15) is 6.10 Å². The van der Waals surface area contributed by atoms with Crippen molar-refractivity contribution in [2.24, 2.45) is 0 Å². The van der Waals surface area contributed by atoms with E-state index in [1.54, 1.807) is 0 Å². The molecule has 0 fully saturated rings. The van der Waals surface area contributed by atoms with Crippen LogP contribution in [0.3, 0.4) is 0 Å². The highest BCUT2D eigenvalue weighted by Gasteiger charge is 2.17. The molecule has 1 atom stereocenters. The lowest BCUT2D eigenvalue weighted by Gasteiger charge is -2.20. The number of carbonyl (C=O) groups is 2. The Morgan fingerprint density at radius 1 is 0.656 bits per heavy atom. The van der Waals surface area contributed by atoms with Crippen molar-refractivity contribution >= 4 is 11.9 Å². The molecule has 0 radical (unpaired) electrons. The van der Waals surface area contributed by atoms with Gasteiger partial charge in [0.05, 0.1) is 6.10 Å². The van der Waals surface area contributed by atoms with E-state index in [9.17, 15) is 9.59 Å². The molecule has 0 spiro atoms. The molecule has 0 saturated carbocycles. The SMILES string of the molecule is CCCCCCCCCCCCC(CCC(=O)OC(C)C)OC(=O)CCCN(CC)CC. The molecular weight excluding hydrogens is 402 g/mol. The highest BCUT2D eigenvalue weighted by atomic mass is 16.5. The molecule has 1 unspecified atom stereocenters. The minimum Gasteiger partial charge on any atom is -0.463 e.